The standard InChI is InChI=1S/C23H26N2O4/c1-14(2)13-25-22(26)20(16-8-6-15(3)7-9-16)21(23(25)27)24-17-10-18(28-4)12-19(11-17)29-5/h6-12,14,24H,13H2,1-5H3. The molecule has 0 aromatic heterocycles. The highest BCUT2D eigenvalue weighted by molar-refractivity contribution is 6.36. The molecule has 1 heterocycles. The van der Waals surface area contributed by atoms with E-state index in [1.54, 1.807) is 32.4 Å². The van der Waals surface area contributed by atoms with Gasteiger partial charge in [-0.15, -0.1) is 0 Å². The molecule has 1 N–H and O–H groups in total. The number of nitrogens with one attached hydrogen (secondary N) is 1. The minimum Gasteiger partial charge on any atom is -0.497 e. The summed E-state index contributed by atoms with van der Waals surface area (Å²) in [5.41, 5.74) is 3.02. The largest absolute Gasteiger partial charge is 0.497 e. The van der Waals surface area contributed by atoms with E-state index in [2.05, 4.69) is 5.32 Å². The van der Waals surface area contributed by atoms with Gasteiger partial charge in [-0.05, 0) is 18.4 Å². The summed E-state index contributed by atoms with van der Waals surface area (Å²) in [5.74, 6) is 0.713. The third kappa shape index (κ3) is 4.26. The first-order valence-corrected chi connectivity index (χ1v) is 9.51. The minimum atomic E-state index is -0.332. The number of rotatable bonds is 7. The summed E-state index contributed by atoms with van der Waals surface area (Å²) in [4.78, 5) is 27.6. The Labute approximate surface area is 171 Å². The zero-order valence-corrected chi connectivity index (χ0v) is 17.4. The molecule has 0 aliphatic carbocycles. The van der Waals surface area contributed by atoms with Gasteiger partial charge in [0.15, 0.2) is 0 Å². The highest BCUT2D eigenvalue weighted by Gasteiger charge is 2.39. The molecule has 0 spiro atoms. The molecule has 6 heteroatoms. The zero-order chi connectivity index (χ0) is 21.1. The topological polar surface area (TPSA) is 67.9 Å². The smallest absolute Gasteiger partial charge is 0.278 e. The number of hydrogen-bond acceptors (Lipinski definition) is 5. The van der Waals surface area contributed by atoms with E-state index in [-0.39, 0.29) is 23.4 Å². The molecular weight excluding hydrogens is 368 g/mol. The van der Waals surface area contributed by atoms with Gasteiger partial charge < -0.3 is 14.8 Å². The first kappa shape index (κ1) is 20.5. The lowest BCUT2D eigenvalue weighted by Crippen LogP contribution is -2.35. The van der Waals surface area contributed by atoms with E-state index in [0.717, 1.165) is 5.56 Å². The fourth-order valence-corrected chi connectivity index (χ4v) is 3.23. The van der Waals surface area contributed by atoms with E-state index in [4.69, 9.17) is 9.47 Å². The van der Waals surface area contributed by atoms with Crippen molar-refractivity contribution in [2.75, 3.05) is 26.1 Å². The van der Waals surface area contributed by atoms with Crippen molar-refractivity contribution in [2.45, 2.75) is 20.8 Å². The van der Waals surface area contributed by atoms with Gasteiger partial charge >= 0.3 is 0 Å². The number of hydrogen-bond donors (Lipinski definition) is 1. The van der Waals surface area contributed by atoms with Crippen LogP contribution in [-0.2, 0) is 9.59 Å². The van der Waals surface area contributed by atoms with Crippen molar-refractivity contribution in [3.63, 3.8) is 0 Å². The number of aryl methyl sites for hydroxylation is 1. The summed E-state index contributed by atoms with van der Waals surface area (Å²) in [6, 6.07) is 12.8. The Morgan fingerprint density at radius 2 is 1.52 bits per heavy atom. The Kier molecular flexibility index (Phi) is 5.92. The van der Waals surface area contributed by atoms with Gasteiger partial charge in [-0.3, -0.25) is 14.5 Å². The molecule has 2 aromatic carbocycles. The second-order valence-corrected chi connectivity index (χ2v) is 7.46. The highest BCUT2D eigenvalue weighted by atomic mass is 16.5. The first-order chi connectivity index (χ1) is 13.8. The lowest BCUT2D eigenvalue weighted by Gasteiger charge is -2.17. The SMILES string of the molecule is COc1cc(NC2=C(c3ccc(C)cc3)C(=O)N(CC(C)C)C2=O)cc(OC)c1. The lowest BCUT2D eigenvalue weighted by atomic mass is 10.0. The van der Waals surface area contributed by atoms with Gasteiger partial charge in [0.25, 0.3) is 11.8 Å². The van der Waals surface area contributed by atoms with Crippen LogP contribution in [0.4, 0.5) is 5.69 Å². The van der Waals surface area contributed by atoms with Crippen molar-refractivity contribution in [1.82, 2.24) is 4.90 Å². The fourth-order valence-electron chi connectivity index (χ4n) is 3.23. The predicted molar refractivity (Wildman–Crippen MR) is 113 cm³/mol. The monoisotopic (exact) mass is 394 g/mol. The van der Waals surface area contributed by atoms with E-state index in [1.165, 1.54) is 4.90 Å². The van der Waals surface area contributed by atoms with E-state index in [1.807, 2.05) is 45.0 Å². The summed E-state index contributed by atoms with van der Waals surface area (Å²) in [5, 5.41) is 3.14. The molecule has 2 aromatic rings. The van der Waals surface area contributed by atoms with Crippen LogP contribution in [0.15, 0.2) is 48.2 Å². The molecule has 1 aliphatic heterocycles. The molecule has 0 bridgehead atoms. The van der Waals surface area contributed by atoms with Crippen molar-refractivity contribution in [2.24, 2.45) is 5.92 Å². The maximum atomic E-state index is 13.1. The first-order valence-electron chi connectivity index (χ1n) is 9.51. The maximum absolute atomic E-state index is 13.1. The number of carbonyl (C=O) groups is 2. The molecule has 1 aliphatic rings. The molecule has 6 nitrogen and oxygen atoms in total. The lowest BCUT2D eigenvalue weighted by molar-refractivity contribution is -0.137. The Bertz CT molecular complexity index is 939. The van der Waals surface area contributed by atoms with Gasteiger partial charge in [-0.1, -0.05) is 43.7 Å². The molecule has 0 fully saturated rings. The van der Waals surface area contributed by atoms with Gasteiger partial charge in [0.05, 0.1) is 19.8 Å². The number of ether oxygens (including phenoxy) is 2. The van der Waals surface area contributed by atoms with Crippen LogP contribution in [0.5, 0.6) is 11.5 Å². The quantitative estimate of drug-likeness (QED) is 0.723. The van der Waals surface area contributed by atoms with Crippen LogP contribution in [0.2, 0.25) is 0 Å². The third-order valence-corrected chi connectivity index (χ3v) is 4.68. The summed E-state index contributed by atoms with van der Waals surface area (Å²) in [6.07, 6.45) is 0. The van der Waals surface area contributed by atoms with Gasteiger partial charge in [0.2, 0.25) is 0 Å². The molecule has 3 rings (SSSR count). The zero-order valence-electron chi connectivity index (χ0n) is 17.4. The molecule has 0 unspecified atom stereocenters. The highest BCUT2D eigenvalue weighted by Crippen LogP contribution is 2.33. The Morgan fingerprint density at radius 1 is 0.931 bits per heavy atom. The second-order valence-electron chi connectivity index (χ2n) is 7.46. The number of imide groups is 1. The number of anilines is 1. The number of methoxy groups -OCH3 is 2. The molecule has 0 saturated carbocycles. The average molecular weight is 394 g/mol. The third-order valence-electron chi connectivity index (χ3n) is 4.68. The van der Waals surface area contributed by atoms with Crippen molar-refractivity contribution in [3.05, 3.63) is 59.3 Å². The normalized spacial score (nSPS) is 14.1. The summed E-state index contributed by atoms with van der Waals surface area (Å²) >= 11 is 0. The number of carbonyl (C=O) groups excluding carboxylic acids is 2. The van der Waals surface area contributed by atoms with Gasteiger partial charge in [0, 0.05) is 30.4 Å². The Balaban J connectivity index is 2.08. The van der Waals surface area contributed by atoms with Crippen LogP contribution >= 0.6 is 0 Å². The maximum Gasteiger partial charge on any atom is 0.278 e. The van der Waals surface area contributed by atoms with Crippen molar-refractivity contribution in [3.8, 4) is 11.5 Å². The molecule has 152 valence electrons. The van der Waals surface area contributed by atoms with Gasteiger partial charge in [0.1, 0.15) is 17.2 Å². The molecule has 0 saturated heterocycles. The second kappa shape index (κ2) is 8.39. The van der Waals surface area contributed by atoms with E-state index < -0.39 is 0 Å². The summed E-state index contributed by atoms with van der Waals surface area (Å²) in [6.45, 7) is 6.29. The average Bonchev–Trinajstić information content (AvgIpc) is 2.92. The van der Waals surface area contributed by atoms with E-state index in [0.29, 0.717) is 34.9 Å². The number of amides is 2. The van der Waals surface area contributed by atoms with Crippen LogP contribution in [0.25, 0.3) is 5.57 Å². The van der Waals surface area contributed by atoms with Crippen LogP contribution in [0.3, 0.4) is 0 Å². The van der Waals surface area contributed by atoms with E-state index in [9.17, 15) is 9.59 Å². The molecule has 2 amide bonds. The summed E-state index contributed by atoms with van der Waals surface area (Å²) < 4.78 is 10.6. The van der Waals surface area contributed by atoms with Gasteiger partial charge in [-0.2, -0.15) is 0 Å². The Hall–Kier alpha value is -3.28. The van der Waals surface area contributed by atoms with Crippen molar-refractivity contribution >= 4 is 23.1 Å². The molecule has 0 atom stereocenters. The van der Waals surface area contributed by atoms with Crippen LogP contribution in [0, 0.1) is 12.8 Å². The van der Waals surface area contributed by atoms with Gasteiger partial charge in [-0.25, -0.2) is 0 Å². The van der Waals surface area contributed by atoms with Crippen LogP contribution in [0.1, 0.15) is 25.0 Å². The molecule has 0 radical (unpaired) electrons. The number of nitrogens with zero attached hydrogens (tertiary/aromatic N) is 1. The molecular formula is C23H26N2O4. The minimum absolute atomic E-state index is 0.165. The Morgan fingerprint density at radius 3 is 2.03 bits per heavy atom. The molecule has 29 heavy (non-hydrogen) atoms. The van der Waals surface area contributed by atoms with Crippen LogP contribution < -0.4 is 14.8 Å². The fraction of sp³-hybridized carbons (Fsp3) is 0.304. The summed E-state index contributed by atoms with van der Waals surface area (Å²) in [7, 11) is 3.12. The predicted octanol–water partition coefficient (Wildman–Crippen LogP) is 3.86. The van der Waals surface area contributed by atoms with E-state index >= 15 is 0 Å². The van der Waals surface area contributed by atoms with Crippen molar-refractivity contribution in [1.29, 1.82) is 0 Å². The van der Waals surface area contributed by atoms with Crippen LogP contribution in [-0.4, -0.2) is 37.5 Å². The number of benzene rings is 2. The van der Waals surface area contributed by atoms with Crippen molar-refractivity contribution < 1.29 is 19.1 Å².